The fourth-order valence-electron chi connectivity index (χ4n) is 1.25. The first kappa shape index (κ1) is 13.5. The summed E-state index contributed by atoms with van der Waals surface area (Å²) in [4.78, 5) is 14.6. The van der Waals surface area contributed by atoms with E-state index < -0.39 is 24.5 Å². The van der Waals surface area contributed by atoms with Crippen molar-refractivity contribution >= 4 is 21.9 Å². The zero-order valence-corrected chi connectivity index (χ0v) is 10.3. The highest BCUT2D eigenvalue weighted by Crippen LogP contribution is 2.28. The van der Waals surface area contributed by atoms with E-state index in [9.17, 15) is 13.6 Å². The molecule has 0 amide bonds. The van der Waals surface area contributed by atoms with Gasteiger partial charge in [0.1, 0.15) is 11.8 Å². The zero-order chi connectivity index (χ0) is 13.0. The summed E-state index contributed by atoms with van der Waals surface area (Å²) in [6.45, 7) is 0. The molecule has 0 aliphatic rings. The molecule has 0 unspecified atom stereocenters. The smallest absolute Gasteiger partial charge is 0.310 e. The predicted molar refractivity (Wildman–Crippen MR) is 57.3 cm³/mol. The number of hydrogen-bond donors (Lipinski definition) is 0. The number of carbonyl (C=O) groups excluding carboxylic acids is 1. The van der Waals surface area contributed by atoms with Crippen LogP contribution in [-0.2, 0) is 16.0 Å². The summed E-state index contributed by atoms with van der Waals surface area (Å²) in [6, 6.07) is 1.76. The first-order chi connectivity index (χ1) is 8.01. The topological polar surface area (TPSA) is 63.0 Å². The van der Waals surface area contributed by atoms with Gasteiger partial charge in [0, 0.05) is 11.8 Å². The van der Waals surface area contributed by atoms with E-state index in [1.54, 1.807) is 6.07 Å². The molecule has 1 aromatic heterocycles. The highest BCUT2D eigenvalue weighted by molar-refractivity contribution is 9.10. The highest BCUT2D eigenvalue weighted by atomic mass is 79.9. The van der Waals surface area contributed by atoms with Crippen molar-refractivity contribution in [2.24, 2.45) is 0 Å². The molecule has 0 N–H and O–H groups in total. The third kappa shape index (κ3) is 2.97. The summed E-state index contributed by atoms with van der Waals surface area (Å²) in [5, 5.41) is 8.89. The van der Waals surface area contributed by atoms with Crippen LogP contribution in [0.4, 0.5) is 8.78 Å². The van der Waals surface area contributed by atoms with Gasteiger partial charge in [0.2, 0.25) is 0 Å². The molecule has 1 aromatic rings. The lowest BCUT2D eigenvalue weighted by Crippen LogP contribution is -2.11. The maximum atomic E-state index is 12.7. The van der Waals surface area contributed by atoms with E-state index >= 15 is 0 Å². The van der Waals surface area contributed by atoms with Crippen LogP contribution in [0.3, 0.4) is 0 Å². The van der Waals surface area contributed by atoms with Gasteiger partial charge in [-0.1, -0.05) is 0 Å². The molecule has 0 spiro atoms. The van der Waals surface area contributed by atoms with Gasteiger partial charge in [0.05, 0.1) is 23.6 Å². The van der Waals surface area contributed by atoms with Gasteiger partial charge >= 0.3 is 5.97 Å². The lowest BCUT2D eigenvalue weighted by Gasteiger charge is -2.09. The quantitative estimate of drug-likeness (QED) is 0.804. The van der Waals surface area contributed by atoms with E-state index in [1.165, 1.54) is 0 Å². The summed E-state index contributed by atoms with van der Waals surface area (Å²) >= 11 is 3.02. The summed E-state index contributed by atoms with van der Waals surface area (Å²) in [5.41, 5.74) is -0.709. The Kier molecular flexibility index (Phi) is 4.52. The number of alkyl halides is 2. The number of halogens is 3. The Morgan fingerprint density at radius 1 is 1.71 bits per heavy atom. The molecule has 0 bridgehead atoms. The second-order valence-corrected chi connectivity index (χ2v) is 3.86. The summed E-state index contributed by atoms with van der Waals surface area (Å²) in [7, 11) is 1.14. The molecule has 90 valence electrons. The summed E-state index contributed by atoms with van der Waals surface area (Å²) in [5.74, 6) is -0.705. The SMILES string of the molecule is COC(=O)Cc1c(C(F)F)ncc(Br)c1C#N. The van der Waals surface area contributed by atoms with Crippen LogP contribution in [0.15, 0.2) is 10.7 Å². The Labute approximate surface area is 104 Å². The first-order valence-corrected chi connectivity index (χ1v) is 5.22. The van der Waals surface area contributed by atoms with Crippen molar-refractivity contribution in [2.75, 3.05) is 7.11 Å². The molecule has 0 aliphatic carbocycles. The molecule has 0 aliphatic heterocycles. The Morgan fingerprint density at radius 3 is 2.82 bits per heavy atom. The number of nitriles is 1. The summed E-state index contributed by atoms with van der Waals surface area (Å²) < 4.78 is 30.0. The molecule has 4 nitrogen and oxygen atoms in total. The first-order valence-electron chi connectivity index (χ1n) is 4.43. The van der Waals surface area contributed by atoms with Crippen LogP contribution in [-0.4, -0.2) is 18.1 Å². The van der Waals surface area contributed by atoms with Crippen LogP contribution in [0.5, 0.6) is 0 Å². The maximum absolute atomic E-state index is 12.7. The lowest BCUT2D eigenvalue weighted by atomic mass is 10.0. The Hall–Kier alpha value is -1.55. The average molecular weight is 305 g/mol. The van der Waals surface area contributed by atoms with Gasteiger partial charge < -0.3 is 4.74 Å². The van der Waals surface area contributed by atoms with E-state index in [2.05, 4.69) is 25.7 Å². The van der Waals surface area contributed by atoms with Gasteiger partial charge in [0.25, 0.3) is 6.43 Å². The minimum absolute atomic E-state index is 0.0271. The van der Waals surface area contributed by atoms with Crippen molar-refractivity contribution in [2.45, 2.75) is 12.8 Å². The number of nitrogens with zero attached hydrogens (tertiary/aromatic N) is 2. The maximum Gasteiger partial charge on any atom is 0.310 e. The van der Waals surface area contributed by atoms with Crippen LogP contribution in [0.1, 0.15) is 23.2 Å². The number of esters is 1. The molecular weight excluding hydrogens is 298 g/mol. The Morgan fingerprint density at radius 2 is 2.35 bits per heavy atom. The molecule has 0 radical (unpaired) electrons. The molecular formula is C10H7BrF2N2O2. The van der Waals surface area contributed by atoms with Crippen molar-refractivity contribution in [3.05, 3.63) is 27.5 Å². The van der Waals surface area contributed by atoms with Crippen LogP contribution in [0.25, 0.3) is 0 Å². The largest absolute Gasteiger partial charge is 0.469 e. The van der Waals surface area contributed by atoms with Crippen molar-refractivity contribution in [3.63, 3.8) is 0 Å². The van der Waals surface area contributed by atoms with Gasteiger partial charge in [-0.3, -0.25) is 9.78 Å². The summed E-state index contributed by atoms with van der Waals surface area (Å²) in [6.07, 6.45) is -2.15. The monoisotopic (exact) mass is 304 g/mol. The number of pyridine rings is 1. The number of hydrogen-bond acceptors (Lipinski definition) is 4. The van der Waals surface area contributed by atoms with Crippen LogP contribution >= 0.6 is 15.9 Å². The molecule has 1 rings (SSSR count). The lowest BCUT2D eigenvalue weighted by molar-refractivity contribution is -0.139. The second-order valence-electron chi connectivity index (χ2n) is 3.01. The van der Waals surface area contributed by atoms with Crippen molar-refractivity contribution in [1.82, 2.24) is 4.98 Å². The molecule has 0 aromatic carbocycles. The number of aromatic nitrogens is 1. The van der Waals surface area contributed by atoms with Gasteiger partial charge in [-0.05, 0) is 15.9 Å². The minimum Gasteiger partial charge on any atom is -0.469 e. The normalized spacial score (nSPS) is 10.1. The molecule has 0 saturated carbocycles. The predicted octanol–water partition coefficient (Wildman–Crippen LogP) is 2.37. The molecule has 0 fully saturated rings. The van der Waals surface area contributed by atoms with E-state index in [0.717, 1.165) is 13.3 Å². The van der Waals surface area contributed by atoms with E-state index in [0.29, 0.717) is 0 Å². The molecule has 0 saturated heterocycles. The van der Waals surface area contributed by atoms with Gasteiger partial charge in [-0.15, -0.1) is 0 Å². The third-order valence-corrected chi connectivity index (χ3v) is 2.64. The van der Waals surface area contributed by atoms with Crippen LogP contribution in [0.2, 0.25) is 0 Å². The van der Waals surface area contributed by atoms with Crippen LogP contribution < -0.4 is 0 Å². The van der Waals surface area contributed by atoms with E-state index in [-0.39, 0.29) is 15.6 Å². The van der Waals surface area contributed by atoms with Gasteiger partial charge in [-0.25, -0.2) is 8.78 Å². The number of carbonyl (C=O) groups is 1. The number of methoxy groups -OCH3 is 1. The number of ether oxygens (including phenoxy) is 1. The third-order valence-electron chi connectivity index (χ3n) is 2.03. The second kappa shape index (κ2) is 5.68. The Balaban J connectivity index is 3.35. The molecule has 0 atom stereocenters. The zero-order valence-electron chi connectivity index (χ0n) is 8.71. The van der Waals surface area contributed by atoms with Crippen molar-refractivity contribution in [1.29, 1.82) is 5.26 Å². The highest BCUT2D eigenvalue weighted by Gasteiger charge is 2.22. The fraction of sp³-hybridized carbons (Fsp3) is 0.300. The van der Waals surface area contributed by atoms with Gasteiger partial charge in [-0.2, -0.15) is 5.26 Å². The molecule has 1 heterocycles. The Bertz CT molecular complexity index is 486. The van der Waals surface area contributed by atoms with Crippen LogP contribution in [0, 0.1) is 11.3 Å². The van der Waals surface area contributed by atoms with Crippen molar-refractivity contribution < 1.29 is 18.3 Å². The molecule has 17 heavy (non-hydrogen) atoms. The fourth-order valence-corrected chi connectivity index (χ4v) is 1.68. The standard InChI is InChI=1S/C10H7BrF2N2O2/c1-17-8(16)2-5-6(3-14)7(11)4-15-9(5)10(12)13/h4,10H,2H2,1H3. The minimum atomic E-state index is -2.85. The number of rotatable bonds is 3. The van der Waals surface area contributed by atoms with E-state index in [4.69, 9.17) is 5.26 Å². The van der Waals surface area contributed by atoms with Gasteiger partial charge in [0.15, 0.2) is 0 Å². The van der Waals surface area contributed by atoms with E-state index in [1.807, 2.05) is 0 Å². The average Bonchev–Trinajstić information content (AvgIpc) is 2.28. The molecule has 7 heteroatoms. The van der Waals surface area contributed by atoms with Crippen molar-refractivity contribution in [3.8, 4) is 6.07 Å².